The third-order valence-electron chi connectivity index (χ3n) is 6.40. The molecular weight excluding hydrogens is 501 g/mol. The fraction of sp³-hybridized carbons (Fsp3) is 0.462. The van der Waals surface area contributed by atoms with Crippen molar-refractivity contribution in [2.24, 2.45) is 0 Å². The third kappa shape index (κ3) is 5.44. The highest BCUT2D eigenvalue weighted by atomic mass is 35.5. The number of pyridine rings is 1. The summed E-state index contributed by atoms with van der Waals surface area (Å²) in [7, 11) is 0. The summed E-state index contributed by atoms with van der Waals surface area (Å²) in [6.07, 6.45) is 6.59. The maximum atomic E-state index is 13.0. The normalized spacial score (nSPS) is 19.8. The first-order valence-electron chi connectivity index (χ1n) is 12.1. The van der Waals surface area contributed by atoms with Gasteiger partial charge in [-0.05, 0) is 70.2 Å². The van der Waals surface area contributed by atoms with Gasteiger partial charge in [0, 0.05) is 23.2 Å². The summed E-state index contributed by atoms with van der Waals surface area (Å²) in [4.78, 5) is 18.7. The summed E-state index contributed by atoms with van der Waals surface area (Å²) in [5.74, 6) is 2.53. The fourth-order valence-electron chi connectivity index (χ4n) is 4.83. The Morgan fingerprint density at radius 3 is 2.50 bits per heavy atom. The molecule has 1 aliphatic carbocycles. The molecule has 2 aliphatic rings. The standard InChI is InChI=1S/C26H29Cl2N5O3/c1-26(2,3)36-25(34)32-14-17-10-18(27)6-9-22(17)33-23(15-32)30-31-24(33)16-4-7-20(8-5-16)35-21-11-19(28)12-29-13-21/h6,9-13,16,20H,4-5,7-8,14-15H2,1-3H3/t16-,20-. The average molecular weight is 530 g/mol. The molecule has 10 heteroatoms. The predicted molar refractivity (Wildman–Crippen MR) is 137 cm³/mol. The summed E-state index contributed by atoms with van der Waals surface area (Å²) in [6.45, 7) is 6.25. The summed E-state index contributed by atoms with van der Waals surface area (Å²) < 4.78 is 13.9. The summed E-state index contributed by atoms with van der Waals surface area (Å²) in [5, 5.41) is 10.3. The zero-order valence-electron chi connectivity index (χ0n) is 20.6. The molecule has 1 aromatic carbocycles. The van der Waals surface area contributed by atoms with E-state index < -0.39 is 5.60 Å². The molecule has 0 atom stereocenters. The topological polar surface area (TPSA) is 82.4 Å². The molecule has 0 radical (unpaired) electrons. The molecule has 1 amide bonds. The maximum absolute atomic E-state index is 13.0. The Bertz CT molecular complexity index is 1260. The van der Waals surface area contributed by atoms with Gasteiger partial charge in [0.1, 0.15) is 17.2 Å². The van der Waals surface area contributed by atoms with Crippen LogP contribution >= 0.6 is 23.2 Å². The van der Waals surface area contributed by atoms with Gasteiger partial charge in [0.05, 0.1) is 36.1 Å². The molecule has 1 saturated carbocycles. The van der Waals surface area contributed by atoms with Crippen LogP contribution in [0.4, 0.5) is 4.79 Å². The number of benzene rings is 1. The molecule has 3 aromatic rings. The van der Waals surface area contributed by atoms with Crippen LogP contribution in [0.2, 0.25) is 10.0 Å². The van der Waals surface area contributed by atoms with Gasteiger partial charge in [0.15, 0.2) is 5.82 Å². The lowest BCUT2D eigenvalue weighted by Gasteiger charge is -2.29. The number of carbonyl (C=O) groups excluding carboxylic acids is 1. The van der Waals surface area contributed by atoms with E-state index in [9.17, 15) is 4.79 Å². The highest BCUT2D eigenvalue weighted by Crippen LogP contribution is 2.37. The molecule has 0 unspecified atom stereocenters. The molecule has 0 N–H and O–H groups in total. The first-order chi connectivity index (χ1) is 17.2. The number of nitrogens with zero attached hydrogens (tertiary/aromatic N) is 5. The predicted octanol–water partition coefficient (Wildman–Crippen LogP) is 6.33. The average Bonchev–Trinajstić information content (AvgIpc) is 3.14. The molecule has 36 heavy (non-hydrogen) atoms. The molecule has 0 bridgehead atoms. The van der Waals surface area contributed by atoms with Gasteiger partial charge in [-0.25, -0.2) is 4.79 Å². The van der Waals surface area contributed by atoms with Gasteiger partial charge >= 0.3 is 6.09 Å². The van der Waals surface area contributed by atoms with Gasteiger partial charge in [-0.15, -0.1) is 10.2 Å². The van der Waals surface area contributed by atoms with Crippen molar-refractivity contribution in [3.05, 3.63) is 63.9 Å². The van der Waals surface area contributed by atoms with Crippen molar-refractivity contribution >= 4 is 29.3 Å². The Morgan fingerprint density at radius 1 is 1.00 bits per heavy atom. The quantitative estimate of drug-likeness (QED) is 0.394. The van der Waals surface area contributed by atoms with E-state index in [0.717, 1.165) is 42.8 Å². The van der Waals surface area contributed by atoms with Gasteiger partial charge in [0.25, 0.3) is 0 Å². The van der Waals surface area contributed by atoms with Crippen LogP contribution < -0.4 is 4.74 Å². The number of hydrogen-bond acceptors (Lipinski definition) is 6. The zero-order valence-corrected chi connectivity index (χ0v) is 22.1. The largest absolute Gasteiger partial charge is 0.489 e. The van der Waals surface area contributed by atoms with E-state index in [1.807, 2.05) is 39.0 Å². The number of rotatable bonds is 3. The molecule has 2 aromatic heterocycles. The van der Waals surface area contributed by atoms with Crippen LogP contribution in [0.25, 0.3) is 5.69 Å². The zero-order chi connectivity index (χ0) is 25.4. The minimum atomic E-state index is -0.596. The second-order valence-electron chi connectivity index (χ2n) is 10.3. The second-order valence-corrected chi connectivity index (χ2v) is 11.2. The summed E-state index contributed by atoms with van der Waals surface area (Å²) >= 11 is 12.4. The van der Waals surface area contributed by atoms with Crippen LogP contribution in [0.15, 0.2) is 36.7 Å². The van der Waals surface area contributed by atoms with Crippen molar-refractivity contribution < 1.29 is 14.3 Å². The Kier molecular flexibility index (Phi) is 6.83. The van der Waals surface area contributed by atoms with E-state index in [0.29, 0.717) is 34.7 Å². The Balaban J connectivity index is 1.38. The van der Waals surface area contributed by atoms with Gasteiger partial charge < -0.3 is 9.47 Å². The Hall–Kier alpha value is -2.84. The number of carbonyl (C=O) groups is 1. The van der Waals surface area contributed by atoms with Crippen molar-refractivity contribution in [2.75, 3.05) is 0 Å². The van der Waals surface area contributed by atoms with Crippen LogP contribution in [0.3, 0.4) is 0 Å². The SMILES string of the molecule is CC(C)(C)OC(=O)N1Cc2cc(Cl)ccc2-n2c(nnc2[C@H]2CC[C@H](Oc3cncc(Cl)c3)CC2)C1. The van der Waals surface area contributed by atoms with Crippen LogP contribution in [-0.4, -0.2) is 42.4 Å². The number of fused-ring (bicyclic) bond motifs is 3. The van der Waals surface area contributed by atoms with Crippen molar-refractivity contribution in [2.45, 2.75) is 77.2 Å². The van der Waals surface area contributed by atoms with E-state index >= 15 is 0 Å². The van der Waals surface area contributed by atoms with Crippen LogP contribution in [0.1, 0.15) is 69.6 Å². The second kappa shape index (κ2) is 9.90. The maximum Gasteiger partial charge on any atom is 0.411 e. The molecule has 1 fully saturated rings. The summed E-state index contributed by atoms with van der Waals surface area (Å²) in [6, 6.07) is 7.53. The number of hydrogen-bond donors (Lipinski definition) is 0. The minimum Gasteiger partial charge on any atom is -0.489 e. The number of amides is 1. The van der Waals surface area contributed by atoms with Crippen LogP contribution in [0.5, 0.6) is 5.75 Å². The highest BCUT2D eigenvalue weighted by Gasteiger charge is 2.33. The van der Waals surface area contributed by atoms with Crippen molar-refractivity contribution in [3.63, 3.8) is 0 Å². The van der Waals surface area contributed by atoms with Gasteiger partial charge in [-0.1, -0.05) is 23.2 Å². The van der Waals surface area contributed by atoms with Gasteiger partial charge in [0.2, 0.25) is 0 Å². The number of aromatic nitrogens is 4. The highest BCUT2D eigenvalue weighted by molar-refractivity contribution is 6.30. The Labute approximate surface area is 220 Å². The molecule has 1 aliphatic heterocycles. The molecular formula is C26H29Cl2N5O3. The molecule has 3 heterocycles. The van der Waals surface area contributed by atoms with E-state index in [4.69, 9.17) is 32.7 Å². The van der Waals surface area contributed by atoms with Crippen molar-refractivity contribution in [3.8, 4) is 11.4 Å². The van der Waals surface area contributed by atoms with E-state index in [1.165, 1.54) is 0 Å². The Morgan fingerprint density at radius 2 is 1.78 bits per heavy atom. The lowest BCUT2D eigenvalue weighted by molar-refractivity contribution is 0.0214. The first-order valence-corrected chi connectivity index (χ1v) is 12.9. The molecule has 5 rings (SSSR count). The molecule has 0 saturated heterocycles. The third-order valence-corrected chi connectivity index (χ3v) is 6.85. The lowest BCUT2D eigenvalue weighted by atomic mass is 9.86. The first kappa shape index (κ1) is 24.8. The van der Waals surface area contributed by atoms with Crippen molar-refractivity contribution in [1.29, 1.82) is 0 Å². The molecule has 190 valence electrons. The molecule has 8 nitrogen and oxygen atoms in total. The number of halogens is 2. The minimum absolute atomic E-state index is 0.0989. The summed E-state index contributed by atoms with van der Waals surface area (Å²) in [5.41, 5.74) is 1.28. The monoisotopic (exact) mass is 529 g/mol. The van der Waals surface area contributed by atoms with E-state index in [2.05, 4.69) is 19.7 Å². The van der Waals surface area contributed by atoms with Crippen molar-refractivity contribution in [1.82, 2.24) is 24.6 Å². The lowest BCUT2D eigenvalue weighted by Crippen LogP contribution is -2.35. The smallest absolute Gasteiger partial charge is 0.411 e. The fourth-order valence-corrected chi connectivity index (χ4v) is 5.19. The molecule has 0 spiro atoms. The van der Waals surface area contributed by atoms with Gasteiger partial charge in [-0.3, -0.25) is 14.5 Å². The number of ether oxygens (including phenoxy) is 2. The van der Waals surface area contributed by atoms with Crippen LogP contribution in [-0.2, 0) is 17.8 Å². The van der Waals surface area contributed by atoms with E-state index in [1.54, 1.807) is 23.4 Å². The van der Waals surface area contributed by atoms with E-state index in [-0.39, 0.29) is 18.1 Å². The van der Waals surface area contributed by atoms with Crippen LogP contribution in [0, 0.1) is 0 Å². The van der Waals surface area contributed by atoms with Gasteiger partial charge in [-0.2, -0.15) is 0 Å².